The van der Waals surface area contributed by atoms with Crippen molar-refractivity contribution < 1.29 is 19.1 Å². The number of H-pyrrole nitrogens is 1. The molecule has 178 valence electrons. The average molecular weight is 447 g/mol. The van der Waals surface area contributed by atoms with Crippen molar-refractivity contribution in [2.24, 2.45) is 5.92 Å². The third kappa shape index (κ3) is 6.12. The van der Waals surface area contributed by atoms with Crippen molar-refractivity contribution in [1.82, 2.24) is 20.1 Å². The van der Waals surface area contributed by atoms with E-state index in [1.165, 1.54) is 19.3 Å². The Morgan fingerprint density at radius 3 is 2.41 bits per heavy atom. The van der Waals surface area contributed by atoms with Gasteiger partial charge >= 0.3 is 5.97 Å². The van der Waals surface area contributed by atoms with Crippen molar-refractivity contribution in [2.45, 2.75) is 59.3 Å². The van der Waals surface area contributed by atoms with E-state index in [1.807, 2.05) is 11.8 Å². The lowest BCUT2D eigenvalue weighted by Crippen LogP contribution is -2.41. The summed E-state index contributed by atoms with van der Waals surface area (Å²) in [5, 5.41) is 3.07. The van der Waals surface area contributed by atoms with E-state index in [-0.39, 0.29) is 11.8 Å². The van der Waals surface area contributed by atoms with Crippen LogP contribution in [0.3, 0.4) is 0 Å². The fourth-order valence-corrected chi connectivity index (χ4v) is 4.85. The summed E-state index contributed by atoms with van der Waals surface area (Å²) in [6, 6.07) is 0. The molecule has 2 aliphatic rings. The highest BCUT2D eigenvalue weighted by Crippen LogP contribution is 2.25. The van der Waals surface area contributed by atoms with Crippen LogP contribution in [0.4, 0.5) is 0 Å². The highest BCUT2D eigenvalue weighted by molar-refractivity contribution is 6.01. The van der Waals surface area contributed by atoms with Gasteiger partial charge in [0.05, 0.1) is 12.2 Å². The monoisotopic (exact) mass is 446 g/mol. The number of hydrogen-bond donors (Lipinski definition) is 2. The van der Waals surface area contributed by atoms with Crippen LogP contribution < -0.4 is 5.32 Å². The Hall–Kier alpha value is -2.35. The second-order valence-electron chi connectivity index (χ2n) is 9.04. The van der Waals surface area contributed by atoms with Crippen LogP contribution in [0.25, 0.3) is 0 Å². The number of aryl methyl sites for hydroxylation is 1. The molecule has 0 unspecified atom stereocenters. The van der Waals surface area contributed by atoms with Gasteiger partial charge in [-0.05, 0) is 71.0 Å². The van der Waals surface area contributed by atoms with E-state index in [4.69, 9.17) is 4.74 Å². The normalized spacial score (nSPS) is 17.9. The van der Waals surface area contributed by atoms with Crippen molar-refractivity contribution in [1.29, 1.82) is 0 Å². The number of piperidine rings is 2. The molecule has 2 fully saturated rings. The topological polar surface area (TPSA) is 94.7 Å². The Labute approximate surface area is 191 Å². The fraction of sp³-hybridized carbons (Fsp3) is 0.708. The summed E-state index contributed by atoms with van der Waals surface area (Å²) in [6.07, 6.45) is 6.00. The maximum absolute atomic E-state index is 13.1. The van der Waals surface area contributed by atoms with E-state index in [0.29, 0.717) is 61.1 Å². The van der Waals surface area contributed by atoms with Gasteiger partial charge in [0.2, 0.25) is 5.91 Å². The zero-order valence-corrected chi connectivity index (χ0v) is 19.8. The second kappa shape index (κ2) is 11.5. The molecule has 0 atom stereocenters. The van der Waals surface area contributed by atoms with Crippen molar-refractivity contribution in [3.8, 4) is 0 Å². The summed E-state index contributed by atoms with van der Waals surface area (Å²) >= 11 is 0. The molecule has 3 rings (SSSR count). The summed E-state index contributed by atoms with van der Waals surface area (Å²) in [7, 11) is 0. The zero-order chi connectivity index (χ0) is 23.1. The molecular weight excluding hydrogens is 408 g/mol. The van der Waals surface area contributed by atoms with Crippen LogP contribution in [0.2, 0.25) is 0 Å². The molecule has 0 aliphatic carbocycles. The average Bonchev–Trinajstić information content (AvgIpc) is 3.08. The molecule has 2 aliphatic heterocycles. The number of nitrogens with zero attached hydrogens (tertiary/aromatic N) is 2. The highest BCUT2D eigenvalue weighted by Gasteiger charge is 2.29. The lowest BCUT2D eigenvalue weighted by Gasteiger charge is -2.32. The minimum absolute atomic E-state index is 0.0590. The zero-order valence-electron chi connectivity index (χ0n) is 19.8. The van der Waals surface area contributed by atoms with E-state index in [1.54, 1.807) is 13.8 Å². The van der Waals surface area contributed by atoms with Crippen LogP contribution in [0.15, 0.2) is 0 Å². The number of rotatable bonds is 8. The standard InChI is InChI=1S/C24H38N4O4/c1-4-32-24(31)22-17(2)21(18(3)26-22)23(30)28-13-8-19(9-14-28)16-20(29)25-10-15-27-11-6-5-7-12-27/h19,26H,4-16H2,1-3H3,(H,25,29). The van der Waals surface area contributed by atoms with Gasteiger partial charge in [0, 0.05) is 38.3 Å². The Morgan fingerprint density at radius 1 is 1.06 bits per heavy atom. The molecule has 0 saturated carbocycles. The molecule has 2 amide bonds. The molecule has 0 radical (unpaired) electrons. The van der Waals surface area contributed by atoms with Gasteiger partial charge in [-0.1, -0.05) is 6.42 Å². The first-order valence-electron chi connectivity index (χ1n) is 12.0. The second-order valence-corrected chi connectivity index (χ2v) is 9.04. The lowest BCUT2D eigenvalue weighted by molar-refractivity contribution is -0.122. The number of esters is 1. The van der Waals surface area contributed by atoms with Crippen LogP contribution >= 0.6 is 0 Å². The summed E-state index contributed by atoms with van der Waals surface area (Å²) in [6.45, 7) is 10.8. The number of carbonyl (C=O) groups excluding carboxylic acids is 3. The van der Waals surface area contributed by atoms with E-state index < -0.39 is 5.97 Å². The molecule has 32 heavy (non-hydrogen) atoms. The van der Waals surface area contributed by atoms with E-state index in [2.05, 4.69) is 15.2 Å². The van der Waals surface area contributed by atoms with Crippen LogP contribution in [-0.4, -0.2) is 78.4 Å². The number of carbonyl (C=O) groups is 3. The molecule has 1 aromatic heterocycles. The van der Waals surface area contributed by atoms with Gasteiger partial charge in [0.1, 0.15) is 5.69 Å². The number of aromatic amines is 1. The molecule has 0 spiro atoms. The fourth-order valence-electron chi connectivity index (χ4n) is 4.85. The number of hydrogen-bond acceptors (Lipinski definition) is 5. The lowest BCUT2D eigenvalue weighted by atomic mass is 9.92. The minimum atomic E-state index is -0.433. The van der Waals surface area contributed by atoms with Gasteiger partial charge in [0.25, 0.3) is 5.91 Å². The van der Waals surface area contributed by atoms with Crippen molar-refractivity contribution in [3.05, 3.63) is 22.5 Å². The SMILES string of the molecule is CCOC(=O)c1[nH]c(C)c(C(=O)N2CCC(CC(=O)NCCN3CCCCC3)CC2)c1C. The van der Waals surface area contributed by atoms with Gasteiger partial charge < -0.3 is 24.8 Å². The maximum atomic E-state index is 13.1. The molecule has 0 aromatic carbocycles. The molecule has 3 heterocycles. The van der Waals surface area contributed by atoms with Crippen LogP contribution in [0, 0.1) is 19.8 Å². The third-order valence-corrected chi connectivity index (χ3v) is 6.71. The van der Waals surface area contributed by atoms with Crippen LogP contribution in [-0.2, 0) is 9.53 Å². The van der Waals surface area contributed by atoms with Crippen molar-refractivity contribution in [2.75, 3.05) is 45.9 Å². The van der Waals surface area contributed by atoms with Crippen LogP contribution in [0.1, 0.15) is 77.6 Å². The number of ether oxygens (including phenoxy) is 1. The Bertz CT molecular complexity index is 805. The van der Waals surface area contributed by atoms with E-state index in [0.717, 1.165) is 32.5 Å². The first-order valence-corrected chi connectivity index (χ1v) is 12.0. The Balaban J connectivity index is 1.44. The van der Waals surface area contributed by atoms with Gasteiger partial charge in [-0.15, -0.1) is 0 Å². The molecule has 0 bridgehead atoms. The summed E-state index contributed by atoms with van der Waals surface area (Å²) < 4.78 is 5.08. The molecule has 8 heteroatoms. The summed E-state index contributed by atoms with van der Waals surface area (Å²) in [5.41, 5.74) is 2.23. The molecule has 2 N–H and O–H groups in total. The van der Waals surface area contributed by atoms with E-state index >= 15 is 0 Å². The largest absolute Gasteiger partial charge is 0.461 e. The van der Waals surface area contributed by atoms with Crippen molar-refractivity contribution >= 4 is 17.8 Å². The summed E-state index contributed by atoms with van der Waals surface area (Å²) in [4.78, 5) is 44.9. The van der Waals surface area contributed by atoms with Gasteiger partial charge in [-0.25, -0.2) is 4.79 Å². The van der Waals surface area contributed by atoms with Gasteiger partial charge in [0.15, 0.2) is 0 Å². The van der Waals surface area contributed by atoms with Gasteiger partial charge in [-0.2, -0.15) is 0 Å². The maximum Gasteiger partial charge on any atom is 0.355 e. The predicted molar refractivity (Wildman–Crippen MR) is 123 cm³/mol. The highest BCUT2D eigenvalue weighted by atomic mass is 16.5. The molecular formula is C24H38N4O4. The number of amides is 2. The molecule has 2 saturated heterocycles. The van der Waals surface area contributed by atoms with Crippen LogP contribution in [0.5, 0.6) is 0 Å². The first kappa shape index (κ1) is 24.3. The van der Waals surface area contributed by atoms with Crippen molar-refractivity contribution in [3.63, 3.8) is 0 Å². The number of aromatic nitrogens is 1. The predicted octanol–water partition coefficient (Wildman–Crippen LogP) is 2.65. The van der Waals surface area contributed by atoms with Gasteiger partial charge in [-0.3, -0.25) is 9.59 Å². The molecule has 8 nitrogen and oxygen atoms in total. The number of likely N-dealkylation sites (tertiary alicyclic amines) is 2. The smallest absolute Gasteiger partial charge is 0.355 e. The van der Waals surface area contributed by atoms with E-state index in [9.17, 15) is 14.4 Å². The Kier molecular flexibility index (Phi) is 8.73. The summed E-state index contributed by atoms with van der Waals surface area (Å²) in [5.74, 6) is -0.0749. The number of nitrogens with one attached hydrogen (secondary N) is 2. The minimum Gasteiger partial charge on any atom is -0.461 e. The quantitative estimate of drug-likeness (QED) is 0.599. The Morgan fingerprint density at radius 2 is 1.75 bits per heavy atom. The molecule has 1 aromatic rings. The third-order valence-electron chi connectivity index (χ3n) is 6.71. The first-order chi connectivity index (χ1) is 15.4.